The van der Waals surface area contributed by atoms with Gasteiger partial charge in [0.05, 0.1) is 39.5 Å². The molecule has 9 nitrogen and oxygen atoms in total. The number of carbonyl (C=O) groups is 2. The van der Waals surface area contributed by atoms with Crippen LogP contribution in [-0.4, -0.2) is 43.3 Å². The maximum absolute atomic E-state index is 13.2. The lowest BCUT2D eigenvalue weighted by molar-refractivity contribution is -0.118. The van der Waals surface area contributed by atoms with Crippen LogP contribution in [0.4, 0.5) is 5.69 Å². The molecular weight excluding hydrogens is 548 g/mol. The SMILES string of the molecule is CC1(C)CC(=O)C2=C(C1)NC(SCC(=O)Nc1ccc(S(=O)(=O)N3CCCCC3)cc1)=C(C#N)C2c1ccco1. The number of ketones is 1. The van der Waals surface area contributed by atoms with Gasteiger partial charge in [0.1, 0.15) is 5.76 Å². The minimum absolute atomic E-state index is 0.00612. The highest BCUT2D eigenvalue weighted by atomic mass is 32.2. The summed E-state index contributed by atoms with van der Waals surface area (Å²) in [5.74, 6) is -0.426. The summed E-state index contributed by atoms with van der Waals surface area (Å²) >= 11 is 1.19. The normalized spacial score (nSPS) is 21.4. The van der Waals surface area contributed by atoms with E-state index in [2.05, 4.69) is 16.7 Å². The molecule has 2 N–H and O–H groups in total. The number of nitrogens with zero attached hydrogens (tertiary/aromatic N) is 2. The molecule has 11 heteroatoms. The van der Waals surface area contributed by atoms with Crippen LogP contribution in [0.1, 0.15) is 57.6 Å². The lowest BCUT2D eigenvalue weighted by atomic mass is 9.70. The average Bonchev–Trinajstić information content (AvgIpc) is 3.46. The highest BCUT2D eigenvalue weighted by Gasteiger charge is 2.43. The Bertz CT molecular complexity index is 1510. The van der Waals surface area contributed by atoms with E-state index >= 15 is 0 Å². The molecule has 3 aliphatic rings. The zero-order valence-electron chi connectivity index (χ0n) is 22.5. The first-order valence-electron chi connectivity index (χ1n) is 13.3. The minimum Gasteiger partial charge on any atom is -0.468 e. The number of rotatable bonds is 7. The van der Waals surface area contributed by atoms with Crippen LogP contribution in [-0.2, 0) is 19.6 Å². The molecule has 1 aromatic carbocycles. The molecule has 1 fully saturated rings. The molecule has 0 bridgehead atoms. The van der Waals surface area contributed by atoms with Crippen molar-refractivity contribution in [1.29, 1.82) is 5.26 Å². The number of nitriles is 1. The second-order valence-electron chi connectivity index (χ2n) is 11.1. The van der Waals surface area contributed by atoms with Crippen molar-refractivity contribution < 1.29 is 22.4 Å². The number of hydrogen-bond acceptors (Lipinski definition) is 8. The molecule has 1 atom stereocenters. The van der Waals surface area contributed by atoms with E-state index in [0.29, 0.717) is 53.6 Å². The Labute approximate surface area is 238 Å². The van der Waals surface area contributed by atoms with E-state index in [1.54, 1.807) is 24.3 Å². The fourth-order valence-electron chi connectivity index (χ4n) is 5.53. The predicted molar refractivity (Wildman–Crippen MR) is 152 cm³/mol. The van der Waals surface area contributed by atoms with Crippen molar-refractivity contribution >= 4 is 39.2 Å². The molecule has 1 amide bonds. The summed E-state index contributed by atoms with van der Waals surface area (Å²) in [7, 11) is -3.55. The maximum atomic E-state index is 13.2. The van der Waals surface area contributed by atoms with Crippen LogP contribution < -0.4 is 10.6 Å². The fraction of sp³-hybridized carbons (Fsp3) is 0.414. The second-order valence-corrected chi connectivity index (χ2v) is 14.0. The van der Waals surface area contributed by atoms with Gasteiger partial charge in [0.15, 0.2) is 5.78 Å². The van der Waals surface area contributed by atoms with Crippen LogP contribution in [0.25, 0.3) is 0 Å². The van der Waals surface area contributed by atoms with E-state index in [0.717, 1.165) is 25.0 Å². The molecule has 2 aliphatic heterocycles. The van der Waals surface area contributed by atoms with Crippen LogP contribution >= 0.6 is 11.8 Å². The number of carbonyl (C=O) groups excluding carboxylic acids is 2. The first-order valence-corrected chi connectivity index (χ1v) is 15.8. The summed E-state index contributed by atoms with van der Waals surface area (Å²) in [4.78, 5) is 26.2. The Balaban J connectivity index is 1.30. The number of anilines is 1. The van der Waals surface area contributed by atoms with E-state index in [-0.39, 0.29) is 27.8 Å². The van der Waals surface area contributed by atoms with Crippen LogP contribution in [0.5, 0.6) is 0 Å². The van der Waals surface area contributed by atoms with E-state index in [1.165, 1.54) is 34.5 Å². The van der Waals surface area contributed by atoms with Crippen molar-refractivity contribution in [1.82, 2.24) is 9.62 Å². The Hall–Kier alpha value is -3.33. The number of furan rings is 1. The molecule has 2 aromatic rings. The third-order valence-electron chi connectivity index (χ3n) is 7.39. The summed E-state index contributed by atoms with van der Waals surface area (Å²) < 4.78 is 32.9. The summed E-state index contributed by atoms with van der Waals surface area (Å²) in [6.07, 6.45) is 5.29. The van der Waals surface area contributed by atoms with Crippen molar-refractivity contribution in [2.24, 2.45) is 5.41 Å². The van der Waals surface area contributed by atoms with Gasteiger partial charge < -0.3 is 15.1 Å². The Kier molecular flexibility index (Phi) is 7.95. The monoisotopic (exact) mass is 580 g/mol. The number of hydrogen-bond donors (Lipinski definition) is 2. The van der Waals surface area contributed by atoms with Crippen LogP contribution in [0.2, 0.25) is 0 Å². The number of nitrogens with one attached hydrogen (secondary N) is 2. The summed E-state index contributed by atoms with van der Waals surface area (Å²) in [5, 5.41) is 16.7. The first kappa shape index (κ1) is 28.2. The number of dihydropyridines is 1. The van der Waals surface area contributed by atoms with Gasteiger partial charge in [0, 0.05) is 36.5 Å². The van der Waals surface area contributed by atoms with Crippen molar-refractivity contribution in [2.45, 2.75) is 56.8 Å². The van der Waals surface area contributed by atoms with Gasteiger partial charge in [0.2, 0.25) is 15.9 Å². The van der Waals surface area contributed by atoms with Gasteiger partial charge in [-0.15, -0.1) is 0 Å². The van der Waals surface area contributed by atoms with E-state index in [1.807, 2.05) is 13.8 Å². The molecule has 3 heterocycles. The Morgan fingerprint density at radius 2 is 1.90 bits per heavy atom. The third-order valence-corrected chi connectivity index (χ3v) is 10.3. The fourth-order valence-corrected chi connectivity index (χ4v) is 7.91. The van der Waals surface area contributed by atoms with Gasteiger partial charge >= 0.3 is 0 Å². The molecule has 0 radical (unpaired) electrons. The highest BCUT2D eigenvalue weighted by molar-refractivity contribution is 8.03. The lowest BCUT2D eigenvalue weighted by Crippen LogP contribution is -2.37. The smallest absolute Gasteiger partial charge is 0.243 e. The number of benzene rings is 1. The molecular formula is C29H32N4O5S2. The Morgan fingerprint density at radius 1 is 1.18 bits per heavy atom. The molecule has 0 spiro atoms. The number of sulfonamides is 1. The molecule has 1 saturated heterocycles. The largest absolute Gasteiger partial charge is 0.468 e. The number of Topliss-reactive ketones (excluding diaryl/α,β-unsaturated/α-hetero) is 1. The molecule has 40 heavy (non-hydrogen) atoms. The maximum Gasteiger partial charge on any atom is 0.243 e. The molecule has 210 valence electrons. The van der Waals surface area contributed by atoms with Gasteiger partial charge in [0.25, 0.3) is 0 Å². The molecule has 0 saturated carbocycles. The Morgan fingerprint density at radius 3 is 2.55 bits per heavy atom. The molecule has 1 aliphatic carbocycles. The van der Waals surface area contributed by atoms with Crippen LogP contribution in [0.15, 0.2) is 73.8 Å². The van der Waals surface area contributed by atoms with Crippen LogP contribution in [0.3, 0.4) is 0 Å². The van der Waals surface area contributed by atoms with E-state index < -0.39 is 15.9 Å². The quantitative estimate of drug-likeness (QED) is 0.473. The summed E-state index contributed by atoms with van der Waals surface area (Å²) in [6.45, 7) is 5.12. The van der Waals surface area contributed by atoms with Crippen molar-refractivity contribution in [3.8, 4) is 6.07 Å². The second kappa shape index (κ2) is 11.3. The van der Waals surface area contributed by atoms with Gasteiger partial charge in [-0.05, 0) is 61.1 Å². The van der Waals surface area contributed by atoms with Gasteiger partial charge in [-0.2, -0.15) is 9.57 Å². The van der Waals surface area contributed by atoms with Gasteiger partial charge in [-0.1, -0.05) is 32.0 Å². The molecule has 1 aromatic heterocycles. The van der Waals surface area contributed by atoms with Gasteiger partial charge in [-0.3, -0.25) is 9.59 Å². The lowest BCUT2D eigenvalue weighted by Gasteiger charge is -2.38. The third kappa shape index (κ3) is 5.75. The van der Waals surface area contributed by atoms with Gasteiger partial charge in [-0.25, -0.2) is 8.42 Å². The minimum atomic E-state index is -3.55. The van der Waals surface area contributed by atoms with Crippen molar-refractivity contribution in [3.05, 3.63) is 70.3 Å². The number of amides is 1. The number of allylic oxidation sites excluding steroid dienone is 3. The topological polar surface area (TPSA) is 133 Å². The highest BCUT2D eigenvalue weighted by Crippen LogP contribution is 2.47. The number of thioether (sulfide) groups is 1. The van der Waals surface area contributed by atoms with Crippen molar-refractivity contribution in [3.63, 3.8) is 0 Å². The van der Waals surface area contributed by atoms with Crippen molar-refractivity contribution in [2.75, 3.05) is 24.2 Å². The van der Waals surface area contributed by atoms with E-state index in [4.69, 9.17) is 4.42 Å². The van der Waals surface area contributed by atoms with Crippen LogP contribution in [0, 0.1) is 16.7 Å². The standard InChI is InChI=1S/C29H32N4O5S2/c1-29(2)15-22-27(23(34)16-29)26(24-7-6-14-38-24)21(17-30)28(32-22)39-18-25(35)31-19-8-10-20(11-9-19)40(36,37)33-12-4-3-5-13-33/h6-11,14,26,32H,3-5,12-13,15-16,18H2,1-2H3,(H,31,35). The zero-order valence-corrected chi connectivity index (χ0v) is 24.2. The predicted octanol–water partition coefficient (Wildman–Crippen LogP) is 4.89. The number of piperidine rings is 1. The zero-order chi connectivity index (χ0) is 28.5. The molecule has 5 rings (SSSR count). The molecule has 1 unspecified atom stereocenters. The van der Waals surface area contributed by atoms with E-state index in [9.17, 15) is 23.3 Å². The first-order chi connectivity index (χ1) is 19.1. The summed E-state index contributed by atoms with van der Waals surface area (Å²) in [5.41, 5.74) is 1.90. The average molecular weight is 581 g/mol. The summed E-state index contributed by atoms with van der Waals surface area (Å²) in [6, 6.07) is 11.9.